The van der Waals surface area contributed by atoms with E-state index in [0.717, 1.165) is 29.2 Å². The second-order valence-corrected chi connectivity index (χ2v) is 3.60. The van der Waals surface area contributed by atoms with Crippen molar-refractivity contribution in [3.05, 3.63) is 36.3 Å². The monoisotopic (exact) mass is 201 g/mol. The van der Waals surface area contributed by atoms with E-state index in [1.807, 2.05) is 37.5 Å². The van der Waals surface area contributed by atoms with Crippen LogP contribution in [0.5, 0.6) is 0 Å². The van der Waals surface area contributed by atoms with Gasteiger partial charge in [-0.3, -0.25) is 0 Å². The van der Waals surface area contributed by atoms with E-state index in [-0.39, 0.29) is 0 Å². The van der Waals surface area contributed by atoms with E-state index in [2.05, 4.69) is 16.5 Å². The topological polar surface area (TPSA) is 43.8 Å². The lowest BCUT2D eigenvalue weighted by Gasteiger charge is -2.05. The largest absolute Gasteiger partial charge is 0.399 e. The van der Waals surface area contributed by atoms with Gasteiger partial charge in [-0.05, 0) is 12.1 Å². The molecule has 1 aromatic heterocycles. The molecule has 1 aromatic carbocycles. The van der Waals surface area contributed by atoms with Gasteiger partial charge in [0.15, 0.2) is 0 Å². The van der Waals surface area contributed by atoms with Gasteiger partial charge in [0.05, 0.1) is 11.9 Å². The van der Waals surface area contributed by atoms with Gasteiger partial charge in [-0.15, -0.1) is 0 Å². The van der Waals surface area contributed by atoms with Crippen molar-refractivity contribution in [2.24, 2.45) is 7.05 Å². The number of aryl methyl sites for hydroxylation is 1. The van der Waals surface area contributed by atoms with Gasteiger partial charge >= 0.3 is 0 Å². The van der Waals surface area contributed by atoms with Crippen LogP contribution in [0.4, 0.5) is 5.69 Å². The van der Waals surface area contributed by atoms with Crippen molar-refractivity contribution in [1.82, 2.24) is 9.55 Å². The third kappa shape index (κ3) is 1.73. The fraction of sp³-hybridized carbons (Fsp3) is 0.250. The molecule has 2 rings (SSSR count). The van der Waals surface area contributed by atoms with Crippen LogP contribution in [0.3, 0.4) is 0 Å². The Bertz CT molecular complexity index is 471. The minimum Gasteiger partial charge on any atom is -0.399 e. The minimum absolute atomic E-state index is 0.784. The van der Waals surface area contributed by atoms with E-state index in [1.54, 1.807) is 0 Å². The lowest BCUT2D eigenvalue weighted by Crippen LogP contribution is -1.98. The molecule has 3 nitrogen and oxygen atoms in total. The summed E-state index contributed by atoms with van der Waals surface area (Å²) in [7, 11) is 2.03. The number of nitrogens with two attached hydrogens (primary N) is 1. The Kier molecular flexibility index (Phi) is 2.46. The molecule has 2 N–H and O–H groups in total. The molecule has 0 spiro atoms. The van der Waals surface area contributed by atoms with Crippen LogP contribution in [0.15, 0.2) is 30.5 Å². The van der Waals surface area contributed by atoms with E-state index in [0.29, 0.717) is 0 Å². The lowest BCUT2D eigenvalue weighted by molar-refractivity contribution is 0.813. The smallest absolute Gasteiger partial charge is 0.108 e. The highest BCUT2D eigenvalue weighted by Crippen LogP contribution is 2.21. The summed E-state index contributed by atoms with van der Waals surface area (Å²) in [5.41, 5.74) is 8.77. The van der Waals surface area contributed by atoms with Crippen molar-refractivity contribution in [3.63, 3.8) is 0 Å². The number of rotatable bonds is 2. The maximum Gasteiger partial charge on any atom is 0.108 e. The van der Waals surface area contributed by atoms with Gasteiger partial charge in [0.25, 0.3) is 0 Å². The molecule has 78 valence electrons. The molecule has 15 heavy (non-hydrogen) atoms. The molecule has 0 aliphatic carbocycles. The summed E-state index contributed by atoms with van der Waals surface area (Å²) in [6.45, 7) is 2.10. The Morgan fingerprint density at radius 1 is 1.40 bits per heavy atom. The number of nitrogen functional groups attached to an aromatic ring is 1. The minimum atomic E-state index is 0.784. The summed E-state index contributed by atoms with van der Waals surface area (Å²) in [6.07, 6.45) is 2.84. The molecule has 2 aromatic rings. The van der Waals surface area contributed by atoms with Gasteiger partial charge in [0.1, 0.15) is 5.82 Å². The number of hydrogen-bond donors (Lipinski definition) is 1. The van der Waals surface area contributed by atoms with Crippen LogP contribution in [-0.4, -0.2) is 9.55 Å². The highest BCUT2D eigenvalue weighted by Gasteiger charge is 2.06. The average Bonchev–Trinajstić information content (AvgIpc) is 2.59. The van der Waals surface area contributed by atoms with Crippen LogP contribution in [0.2, 0.25) is 0 Å². The summed E-state index contributed by atoms with van der Waals surface area (Å²) in [5.74, 6) is 1.09. The zero-order chi connectivity index (χ0) is 10.8. The molecule has 0 amide bonds. The molecule has 0 aliphatic rings. The lowest BCUT2D eigenvalue weighted by atomic mass is 10.1. The number of aromatic nitrogens is 2. The summed E-state index contributed by atoms with van der Waals surface area (Å²) in [6, 6.07) is 7.87. The predicted molar refractivity (Wildman–Crippen MR) is 62.4 cm³/mol. The summed E-state index contributed by atoms with van der Waals surface area (Å²) < 4.78 is 2.11. The van der Waals surface area contributed by atoms with E-state index in [4.69, 9.17) is 5.73 Å². The van der Waals surface area contributed by atoms with Crippen molar-refractivity contribution < 1.29 is 0 Å². The standard InChI is InChI=1S/C12H15N3/c1-3-12-14-8-11(15(12)2)9-5-4-6-10(13)7-9/h4-8H,3,13H2,1-2H3. The van der Waals surface area contributed by atoms with Crippen molar-refractivity contribution in [2.75, 3.05) is 5.73 Å². The Balaban J connectivity index is 2.49. The molecular weight excluding hydrogens is 186 g/mol. The molecule has 3 heteroatoms. The second kappa shape index (κ2) is 3.77. The number of hydrogen-bond acceptors (Lipinski definition) is 2. The molecule has 0 bridgehead atoms. The maximum absolute atomic E-state index is 5.76. The molecule has 0 radical (unpaired) electrons. The Labute approximate surface area is 89.6 Å². The van der Waals surface area contributed by atoms with E-state index in [9.17, 15) is 0 Å². The van der Waals surface area contributed by atoms with Crippen molar-refractivity contribution in [2.45, 2.75) is 13.3 Å². The zero-order valence-electron chi connectivity index (χ0n) is 9.07. The third-order valence-electron chi connectivity index (χ3n) is 2.58. The van der Waals surface area contributed by atoms with Crippen molar-refractivity contribution >= 4 is 5.69 Å². The number of anilines is 1. The molecule has 0 unspecified atom stereocenters. The van der Waals surface area contributed by atoms with Crippen LogP contribution >= 0.6 is 0 Å². The predicted octanol–water partition coefficient (Wildman–Crippen LogP) is 2.23. The molecular formula is C12H15N3. The van der Waals surface area contributed by atoms with Gasteiger partial charge in [-0.25, -0.2) is 4.98 Å². The molecule has 1 heterocycles. The summed E-state index contributed by atoms with van der Waals surface area (Å²) >= 11 is 0. The molecule has 0 atom stereocenters. The SMILES string of the molecule is CCc1ncc(-c2cccc(N)c2)n1C. The zero-order valence-corrected chi connectivity index (χ0v) is 9.07. The highest BCUT2D eigenvalue weighted by atomic mass is 15.1. The van der Waals surface area contributed by atoms with Crippen LogP contribution in [0.1, 0.15) is 12.7 Å². The van der Waals surface area contributed by atoms with Crippen LogP contribution in [0.25, 0.3) is 11.3 Å². The van der Waals surface area contributed by atoms with Gasteiger partial charge in [-0.2, -0.15) is 0 Å². The highest BCUT2D eigenvalue weighted by molar-refractivity contribution is 5.64. The van der Waals surface area contributed by atoms with E-state index < -0.39 is 0 Å². The van der Waals surface area contributed by atoms with Crippen molar-refractivity contribution in [3.8, 4) is 11.3 Å². The first-order valence-corrected chi connectivity index (χ1v) is 5.09. The first-order chi connectivity index (χ1) is 7.22. The van der Waals surface area contributed by atoms with Crippen LogP contribution < -0.4 is 5.73 Å². The van der Waals surface area contributed by atoms with Crippen molar-refractivity contribution in [1.29, 1.82) is 0 Å². The molecule has 0 saturated heterocycles. The molecule has 0 fully saturated rings. The first-order valence-electron chi connectivity index (χ1n) is 5.09. The molecule has 0 saturated carbocycles. The van der Waals surface area contributed by atoms with E-state index in [1.165, 1.54) is 0 Å². The quantitative estimate of drug-likeness (QED) is 0.757. The summed E-state index contributed by atoms with van der Waals surface area (Å²) in [5, 5.41) is 0. The van der Waals surface area contributed by atoms with Gasteiger partial charge in [0.2, 0.25) is 0 Å². The third-order valence-corrected chi connectivity index (χ3v) is 2.58. The number of imidazole rings is 1. The summed E-state index contributed by atoms with van der Waals surface area (Å²) in [4.78, 5) is 4.36. The van der Waals surface area contributed by atoms with Crippen LogP contribution in [-0.2, 0) is 13.5 Å². The van der Waals surface area contributed by atoms with Gasteiger partial charge in [0, 0.05) is 24.7 Å². The fourth-order valence-electron chi connectivity index (χ4n) is 1.74. The Hall–Kier alpha value is -1.77. The van der Waals surface area contributed by atoms with Gasteiger partial charge in [-0.1, -0.05) is 19.1 Å². The normalized spacial score (nSPS) is 10.5. The Morgan fingerprint density at radius 3 is 2.80 bits per heavy atom. The fourth-order valence-corrected chi connectivity index (χ4v) is 1.74. The maximum atomic E-state index is 5.76. The first kappa shape index (κ1) is 9.77. The average molecular weight is 201 g/mol. The Morgan fingerprint density at radius 2 is 2.20 bits per heavy atom. The van der Waals surface area contributed by atoms with Crippen LogP contribution in [0, 0.1) is 0 Å². The van der Waals surface area contributed by atoms with E-state index >= 15 is 0 Å². The number of benzene rings is 1. The van der Waals surface area contributed by atoms with Gasteiger partial charge < -0.3 is 10.3 Å². The second-order valence-electron chi connectivity index (χ2n) is 3.60. The number of nitrogens with zero attached hydrogens (tertiary/aromatic N) is 2. The molecule has 0 aliphatic heterocycles.